The lowest BCUT2D eigenvalue weighted by Gasteiger charge is -2.22. The smallest absolute Gasteiger partial charge is 0.123 e. The van der Waals surface area contributed by atoms with Crippen LogP contribution < -0.4 is 5.32 Å². The highest BCUT2D eigenvalue weighted by molar-refractivity contribution is 5.21. The van der Waals surface area contributed by atoms with Crippen LogP contribution >= 0.6 is 0 Å². The maximum atomic E-state index is 9.23. The second-order valence-electron chi connectivity index (χ2n) is 4.83. The van der Waals surface area contributed by atoms with Crippen molar-refractivity contribution in [2.24, 2.45) is 0 Å². The van der Waals surface area contributed by atoms with Crippen LogP contribution in [0.2, 0.25) is 0 Å². The van der Waals surface area contributed by atoms with Crippen LogP contribution in [-0.4, -0.2) is 11.7 Å². The Morgan fingerprint density at radius 2 is 1.95 bits per heavy atom. The van der Waals surface area contributed by atoms with E-state index < -0.39 is 0 Å². The normalized spacial score (nSPS) is 14.3. The zero-order valence-corrected chi connectivity index (χ0v) is 11.5. The van der Waals surface area contributed by atoms with Crippen molar-refractivity contribution in [1.82, 2.24) is 5.32 Å². The molecule has 102 valence electrons. The van der Waals surface area contributed by atoms with Gasteiger partial charge in [0.15, 0.2) is 0 Å². The first-order valence-corrected chi connectivity index (χ1v) is 6.68. The first-order valence-electron chi connectivity index (χ1n) is 6.68. The number of furan rings is 1. The van der Waals surface area contributed by atoms with Gasteiger partial charge < -0.3 is 14.8 Å². The van der Waals surface area contributed by atoms with E-state index in [9.17, 15) is 5.11 Å². The number of aliphatic hydroxyl groups is 1. The summed E-state index contributed by atoms with van der Waals surface area (Å²) in [5, 5.41) is 12.8. The molecule has 1 aromatic heterocycles. The summed E-state index contributed by atoms with van der Waals surface area (Å²) in [5.74, 6) is 0.957. The van der Waals surface area contributed by atoms with Crippen molar-refractivity contribution in [2.45, 2.75) is 32.4 Å². The number of aliphatic hydroxyl groups excluding tert-OH is 1. The molecular weight excluding hydrogens is 238 g/mol. The second kappa shape index (κ2) is 6.55. The zero-order valence-electron chi connectivity index (χ0n) is 11.5. The Kier molecular flexibility index (Phi) is 4.77. The van der Waals surface area contributed by atoms with Gasteiger partial charge in [-0.05, 0) is 37.5 Å². The summed E-state index contributed by atoms with van der Waals surface area (Å²) in [6, 6.07) is 12.4. The third-order valence-electron chi connectivity index (χ3n) is 3.37. The molecule has 0 saturated carbocycles. The van der Waals surface area contributed by atoms with Gasteiger partial charge in [0.05, 0.1) is 12.3 Å². The van der Waals surface area contributed by atoms with Crippen LogP contribution in [0.15, 0.2) is 47.1 Å². The average Bonchev–Trinajstić information content (AvgIpc) is 2.85. The van der Waals surface area contributed by atoms with Crippen molar-refractivity contribution >= 4 is 0 Å². The van der Waals surface area contributed by atoms with Gasteiger partial charge >= 0.3 is 0 Å². The van der Waals surface area contributed by atoms with Gasteiger partial charge in [0.1, 0.15) is 5.76 Å². The Bertz CT molecular complexity index is 492. The van der Waals surface area contributed by atoms with E-state index in [1.54, 1.807) is 6.26 Å². The molecule has 2 atom stereocenters. The maximum absolute atomic E-state index is 9.23. The van der Waals surface area contributed by atoms with Gasteiger partial charge in [0.25, 0.3) is 0 Å². The van der Waals surface area contributed by atoms with Crippen molar-refractivity contribution in [3.8, 4) is 0 Å². The fourth-order valence-corrected chi connectivity index (χ4v) is 2.37. The molecule has 2 rings (SSSR count). The predicted molar refractivity (Wildman–Crippen MR) is 75.9 cm³/mol. The SMILES string of the molecule is Cc1ccoc1C(C)N[C@H](CCO)c1ccccc1. The van der Waals surface area contributed by atoms with Crippen LogP contribution in [0.25, 0.3) is 0 Å². The van der Waals surface area contributed by atoms with Crippen LogP contribution in [0.5, 0.6) is 0 Å². The summed E-state index contributed by atoms with van der Waals surface area (Å²) in [4.78, 5) is 0. The lowest BCUT2D eigenvalue weighted by atomic mass is 10.0. The lowest BCUT2D eigenvalue weighted by molar-refractivity contribution is 0.256. The predicted octanol–water partition coefficient (Wildman–Crippen LogP) is 3.36. The molecule has 0 radical (unpaired) electrons. The van der Waals surface area contributed by atoms with Crippen molar-refractivity contribution < 1.29 is 9.52 Å². The summed E-state index contributed by atoms with van der Waals surface area (Å²) in [6.07, 6.45) is 2.40. The van der Waals surface area contributed by atoms with Gasteiger partial charge in [0, 0.05) is 12.6 Å². The van der Waals surface area contributed by atoms with Crippen LogP contribution in [0.1, 0.15) is 42.3 Å². The zero-order chi connectivity index (χ0) is 13.7. The summed E-state index contributed by atoms with van der Waals surface area (Å²) < 4.78 is 5.52. The van der Waals surface area contributed by atoms with Gasteiger partial charge in [-0.2, -0.15) is 0 Å². The number of hydrogen-bond donors (Lipinski definition) is 2. The number of aryl methyl sites for hydroxylation is 1. The van der Waals surface area contributed by atoms with Crippen LogP contribution in [0, 0.1) is 6.92 Å². The molecule has 2 N–H and O–H groups in total. The Morgan fingerprint density at radius 3 is 2.53 bits per heavy atom. The molecule has 0 amide bonds. The van der Waals surface area contributed by atoms with E-state index in [0.29, 0.717) is 6.42 Å². The summed E-state index contributed by atoms with van der Waals surface area (Å²) in [6.45, 7) is 4.29. The largest absolute Gasteiger partial charge is 0.467 e. The fraction of sp³-hybridized carbons (Fsp3) is 0.375. The highest BCUT2D eigenvalue weighted by Crippen LogP contribution is 2.24. The van der Waals surface area contributed by atoms with Crippen LogP contribution in [-0.2, 0) is 0 Å². The number of hydrogen-bond acceptors (Lipinski definition) is 3. The minimum atomic E-state index is 0.117. The van der Waals surface area contributed by atoms with E-state index in [1.165, 1.54) is 5.56 Å². The standard InChI is InChI=1S/C16H21NO2/c1-12-9-11-19-16(12)13(2)17-15(8-10-18)14-6-4-3-5-7-14/h3-7,9,11,13,15,17-18H,8,10H2,1-2H3/t13?,15-/m1/s1. The highest BCUT2D eigenvalue weighted by atomic mass is 16.3. The van der Waals surface area contributed by atoms with Crippen molar-refractivity contribution in [3.05, 3.63) is 59.5 Å². The molecule has 2 aromatic rings. The third-order valence-corrected chi connectivity index (χ3v) is 3.37. The topological polar surface area (TPSA) is 45.4 Å². The van der Waals surface area contributed by atoms with Gasteiger partial charge in [-0.15, -0.1) is 0 Å². The Hall–Kier alpha value is -1.58. The molecule has 3 nitrogen and oxygen atoms in total. The van der Waals surface area contributed by atoms with E-state index in [1.807, 2.05) is 31.2 Å². The minimum absolute atomic E-state index is 0.117. The molecule has 0 aliphatic heterocycles. The van der Waals surface area contributed by atoms with E-state index in [4.69, 9.17) is 4.42 Å². The molecule has 1 aromatic carbocycles. The minimum Gasteiger partial charge on any atom is -0.467 e. The summed E-state index contributed by atoms with van der Waals surface area (Å²) >= 11 is 0. The molecule has 0 aliphatic rings. The van der Waals surface area contributed by atoms with Crippen LogP contribution in [0.3, 0.4) is 0 Å². The highest BCUT2D eigenvalue weighted by Gasteiger charge is 2.17. The first kappa shape index (κ1) is 13.8. The average molecular weight is 259 g/mol. The van der Waals surface area contributed by atoms with Gasteiger partial charge in [-0.1, -0.05) is 30.3 Å². The molecule has 0 spiro atoms. The molecule has 19 heavy (non-hydrogen) atoms. The first-order chi connectivity index (χ1) is 9.22. The van der Waals surface area contributed by atoms with E-state index in [0.717, 1.165) is 11.3 Å². The van der Waals surface area contributed by atoms with Gasteiger partial charge in [-0.25, -0.2) is 0 Å². The molecule has 0 fully saturated rings. The molecule has 0 saturated heterocycles. The summed E-state index contributed by atoms with van der Waals surface area (Å²) in [5.41, 5.74) is 2.34. The molecule has 1 unspecified atom stereocenters. The Morgan fingerprint density at radius 1 is 1.21 bits per heavy atom. The lowest BCUT2D eigenvalue weighted by Crippen LogP contribution is -2.25. The summed E-state index contributed by atoms with van der Waals surface area (Å²) in [7, 11) is 0. The van der Waals surface area contributed by atoms with Gasteiger partial charge in [-0.3, -0.25) is 0 Å². The Labute approximate surface area is 114 Å². The number of nitrogens with one attached hydrogen (secondary N) is 1. The number of benzene rings is 1. The maximum Gasteiger partial charge on any atom is 0.123 e. The van der Waals surface area contributed by atoms with E-state index >= 15 is 0 Å². The Balaban J connectivity index is 2.11. The molecule has 0 bridgehead atoms. The van der Waals surface area contributed by atoms with Crippen LogP contribution in [0.4, 0.5) is 0 Å². The molecule has 0 aliphatic carbocycles. The van der Waals surface area contributed by atoms with Crippen molar-refractivity contribution in [2.75, 3.05) is 6.61 Å². The molecule has 3 heteroatoms. The van der Waals surface area contributed by atoms with E-state index in [2.05, 4.69) is 24.4 Å². The second-order valence-corrected chi connectivity index (χ2v) is 4.83. The molecule has 1 heterocycles. The van der Waals surface area contributed by atoms with Crippen molar-refractivity contribution in [3.63, 3.8) is 0 Å². The third kappa shape index (κ3) is 3.46. The van der Waals surface area contributed by atoms with E-state index in [-0.39, 0.29) is 18.7 Å². The van der Waals surface area contributed by atoms with Crippen molar-refractivity contribution in [1.29, 1.82) is 0 Å². The fourth-order valence-electron chi connectivity index (χ4n) is 2.37. The number of rotatable bonds is 6. The molecular formula is C16H21NO2. The quantitative estimate of drug-likeness (QED) is 0.836. The monoisotopic (exact) mass is 259 g/mol. The van der Waals surface area contributed by atoms with Gasteiger partial charge in [0.2, 0.25) is 0 Å².